The van der Waals surface area contributed by atoms with Gasteiger partial charge in [-0.3, -0.25) is 20.2 Å². The van der Waals surface area contributed by atoms with E-state index in [-0.39, 0.29) is 5.69 Å². The Balaban J connectivity index is 2.20. The first-order chi connectivity index (χ1) is 10.5. The molecule has 0 radical (unpaired) electrons. The van der Waals surface area contributed by atoms with Crippen molar-refractivity contribution in [3.63, 3.8) is 0 Å². The summed E-state index contributed by atoms with van der Waals surface area (Å²) in [5.74, 6) is 0. The molecular weight excluding hydrogens is 292 g/mol. The van der Waals surface area contributed by atoms with Gasteiger partial charge in [0.05, 0.1) is 15.9 Å². The number of hydrogen-bond acceptors (Lipinski definition) is 5. The average Bonchev–Trinajstić information content (AvgIpc) is 2.48. The Morgan fingerprint density at radius 2 is 1.59 bits per heavy atom. The third-order valence-corrected chi connectivity index (χ3v) is 2.67. The van der Waals surface area contributed by atoms with E-state index in [4.69, 9.17) is 0 Å². The predicted molar refractivity (Wildman–Crippen MR) is 78.8 cm³/mol. The summed E-state index contributed by atoms with van der Waals surface area (Å²) in [6, 6.07) is 10.8. The number of non-ortho nitro benzene ring substituents is 1. The van der Waals surface area contributed by atoms with Crippen LogP contribution in [0.25, 0.3) is 0 Å². The van der Waals surface area contributed by atoms with Crippen LogP contribution in [-0.2, 0) is 0 Å². The molecular formula is C13H10N4O5. The van der Waals surface area contributed by atoms with Gasteiger partial charge in [-0.2, -0.15) is 0 Å². The lowest BCUT2D eigenvalue weighted by Gasteiger charge is -2.07. The second-order valence-electron chi connectivity index (χ2n) is 4.16. The number of amides is 2. The number of rotatable bonds is 4. The number of anilines is 2. The lowest BCUT2D eigenvalue weighted by Crippen LogP contribution is -2.20. The molecule has 0 saturated heterocycles. The number of benzene rings is 2. The minimum atomic E-state index is -0.800. The van der Waals surface area contributed by atoms with Crippen LogP contribution in [0.3, 0.4) is 0 Å². The van der Waals surface area contributed by atoms with Gasteiger partial charge in [0.2, 0.25) is 0 Å². The lowest BCUT2D eigenvalue weighted by molar-refractivity contribution is -0.393. The van der Waals surface area contributed by atoms with Crippen LogP contribution in [-0.4, -0.2) is 15.9 Å². The largest absolute Gasteiger partial charge is 0.323 e. The van der Waals surface area contributed by atoms with Gasteiger partial charge in [0.15, 0.2) is 0 Å². The van der Waals surface area contributed by atoms with E-state index in [1.54, 1.807) is 30.3 Å². The molecule has 2 amide bonds. The van der Waals surface area contributed by atoms with Gasteiger partial charge >= 0.3 is 6.03 Å². The monoisotopic (exact) mass is 302 g/mol. The van der Waals surface area contributed by atoms with Crippen molar-refractivity contribution in [3.05, 3.63) is 68.8 Å². The zero-order chi connectivity index (χ0) is 16.1. The van der Waals surface area contributed by atoms with Gasteiger partial charge in [-0.1, -0.05) is 18.2 Å². The molecule has 2 aromatic rings. The maximum Gasteiger partial charge on any atom is 0.323 e. The second-order valence-corrected chi connectivity index (χ2v) is 4.16. The standard InChI is InChI=1S/C13H10N4O5/c18-13(14-9-4-2-1-3-5-9)15-11-7-6-10(16(19)20)8-12(11)17(21)22/h1-8H,(H2,14,15,18). The molecule has 0 saturated carbocycles. The first-order valence-electron chi connectivity index (χ1n) is 6.03. The Hall–Kier alpha value is -3.49. The molecule has 112 valence electrons. The lowest BCUT2D eigenvalue weighted by atomic mass is 10.2. The summed E-state index contributed by atoms with van der Waals surface area (Å²) in [5.41, 5.74) is -0.619. The third-order valence-electron chi connectivity index (χ3n) is 2.67. The van der Waals surface area contributed by atoms with Gasteiger partial charge in [0.25, 0.3) is 11.4 Å². The van der Waals surface area contributed by atoms with Crippen LogP contribution in [0.15, 0.2) is 48.5 Å². The molecule has 0 unspecified atom stereocenters. The Bertz CT molecular complexity index is 732. The molecule has 2 N–H and O–H groups in total. The summed E-state index contributed by atoms with van der Waals surface area (Å²) < 4.78 is 0. The highest BCUT2D eigenvalue weighted by Gasteiger charge is 2.20. The van der Waals surface area contributed by atoms with E-state index in [1.165, 1.54) is 0 Å². The van der Waals surface area contributed by atoms with E-state index >= 15 is 0 Å². The van der Waals surface area contributed by atoms with E-state index in [0.29, 0.717) is 5.69 Å². The number of para-hydroxylation sites is 1. The smallest absolute Gasteiger partial charge is 0.308 e. The van der Waals surface area contributed by atoms with Crippen molar-refractivity contribution in [3.8, 4) is 0 Å². The number of nitro benzene ring substituents is 2. The van der Waals surface area contributed by atoms with Crippen LogP contribution >= 0.6 is 0 Å². The zero-order valence-electron chi connectivity index (χ0n) is 11.1. The summed E-state index contributed by atoms with van der Waals surface area (Å²) in [6.07, 6.45) is 0. The highest BCUT2D eigenvalue weighted by Crippen LogP contribution is 2.29. The fraction of sp³-hybridized carbons (Fsp3) is 0. The first kappa shape index (κ1) is 14.9. The van der Waals surface area contributed by atoms with Gasteiger partial charge in [0, 0.05) is 11.8 Å². The van der Waals surface area contributed by atoms with E-state index in [2.05, 4.69) is 10.6 Å². The van der Waals surface area contributed by atoms with Crippen molar-refractivity contribution >= 4 is 28.8 Å². The van der Waals surface area contributed by atoms with Crippen LogP contribution in [0, 0.1) is 20.2 Å². The molecule has 0 aliphatic heterocycles. The van der Waals surface area contributed by atoms with Gasteiger partial charge in [0.1, 0.15) is 5.69 Å². The molecule has 0 bridgehead atoms. The summed E-state index contributed by atoms with van der Waals surface area (Å²) in [6.45, 7) is 0. The van der Waals surface area contributed by atoms with E-state index < -0.39 is 27.3 Å². The van der Waals surface area contributed by atoms with Gasteiger partial charge in [-0.15, -0.1) is 0 Å². The topological polar surface area (TPSA) is 127 Å². The second kappa shape index (κ2) is 6.31. The quantitative estimate of drug-likeness (QED) is 0.662. The molecule has 22 heavy (non-hydrogen) atoms. The van der Waals surface area contributed by atoms with E-state index in [1.807, 2.05) is 0 Å². The van der Waals surface area contributed by atoms with Gasteiger partial charge < -0.3 is 10.6 Å². The molecule has 9 nitrogen and oxygen atoms in total. The molecule has 2 aromatic carbocycles. The summed E-state index contributed by atoms with van der Waals surface area (Å²) in [5, 5.41) is 26.4. The molecule has 0 aliphatic carbocycles. The van der Waals surface area contributed by atoms with Gasteiger partial charge in [-0.25, -0.2) is 4.79 Å². The Morgan fingerprint density at radius 1 is 0.909 bits per heavy atom. The van der Waals surface area contributed by atoms with Gasteiger partial charge in [-0.05, 0) is 18.2 Å². The maximum atomic E-state index is 11.8. The Kier molecular flexibility index (Phi) is 4.27. The average molecular weight is 302 g/mol. The number of nitrogens with one attached hydrogen (secondary N) is 2. The molecule has 0 aromatic heterocycles. The van der Waals surface area contributed by atoms with Crippen LogP contribution < -0.4 is 10.6 Å². The SMILES string of the molecule is O=C(Nc1ccccc1)Nc1ccc([N+](=O)[O-])cc1[N+](=O)[O-]. The number of nitro groups is 2. The number of carbonyl (C=O) groups excluding carboxylic acids is 1. The molecule has 0 atom stereocenters. The van der Waals surface area contributed by atoms with Crippen molar-refractivity contribution in [2.24, 2.45) is 0 Å². The third kappa shape index (κ3) is 3.54. The molecule has 0 aliphatic rings. The van der Waals surface area contributed by atoms with Crippen LogP contribution in [0.5, 0.6) is 0 Å². The molecule has 0 spiro atoms. The summed E-state index contributed by atoms with van der Waals surface area (Å²) in [7, 11) is 0. The Labute approximate surface area is 123 Å². The zero-order valence-corrected chi connectivity index (χ0v) is 11.1. The van der Waals surface area contributed by atoms with Crippen molar-refractivity contribution in [1.82, 2.24) is 0 Å². The van der Waals surface area contributed by atoms with Crippen LogP contribution in [0.1, 0.15) is 0 Å². The van der Waals surface area contributed by atoms with Crippen molar-refractivity contribution in [1.29, 1.82) is 0 Å². The first-order valence-corrected chi connectivity index (χ1v) is 6.03. The maximum absolute atomic E-state index is 11.8. The predicted octanol–water partition coefficient (Wildman–Crippen LogP) is 3.15. The van der Waals surface area contributed by atoms with Crippen molar-refractivity contribution in [2.75, 3.05) is 10.6 Å². The fourth-order valence-corrected chi connectivity index (χ4v) is 1.70. The van der Waals surface area contributed by atoms with Crippen molar-refractivity contribution < 1.29 is 14.6 Å². The molecule has 2 rings (SSSR count). The minimum Gasteiger partial charge on any atom is -0.308 e. The molecule has 0 fully saturated rings. The van der Waals surface area contributed by atoms with E-state index in [9.17, 15) is 25.0 Å². The van der Waals surface area contributed by atoms with Crippen LogP contribution in [0.2, 0.25) is 0 Å². The normalized spacial score (nSPS) is 9.82. The van der Waals surface area contributed by atoms with Crippen LogP contribution in [0.4, 0.5) is 27.5 Å². The molecule has 9 heteroatoms. The summed E-state index contributed by atoms with van der Waals surface area (Å²) >= 11 is 0. The summed E-state index contributed by atoms with van der Waals surface area (Å²) in [4.78, 5) is 31.8. The van der Waals surface area contributed by atoms with E-state index in [0.717, 1.165) is 18.2 Å². The minimum absolute atomic E-state index is 0.135. The highest BCUT2D eigenvalue weighted by molar-refractivity contribution is 6.01. The van der Waals surface area contributed by atoms with Crippen molar-refractivity contribution in [2.45, 2.75) is 0 Å². The fourth-order valence-electron chi connectivity index (χ4n) is 1.70. The highest BCUT2D eigenvalue weighted by atomic mass is 16.6. The Morgan fingerprint density at radius 3 is 2.18 bits per heavy atom. The number of urea groups is 1. The molecule has 0 heterocycles. The number of carbonyl (C=O) groups is 1. The number of hydrogen-bond donors (Lipinski definition) is 2. The number of nitrogens with zero attached hydrogens (tertiary/aromatic N) is 2.